The first-order valence-electron chi connectivity index (χ1n) is 8.44. The second-order valence-electron chi connectivity index (χ2n) is 5.75. The Hall–Kier alpha value is -1.22. The Balaban J connectivity index is 2.12. The van der Waals surface area contributed by atoms with Gasteiger partial charge in [-0.1, -0.05) is 44.7 Å². The van der Waals surface area contributed by atoms with Gasteiger partial charge in [-0.15, -0.1) is 0 Å². The molecule has 2 N–H and O–H groups in total. The topological polar surface area (TPSA) is 33.3 Å². The highest BCUT2D eigenvalue weighted by atomic mass is 16.5. The van der Waals surface area contributed by atoms with E-state index in [1.165, 1.54) is 32.1 Å². The molecule has 0 aliphatic heterocycles. The molecule has 120 valence electrons. The molecule has 1 aromatic carbocycles. The molecule has 0 aliphatic carbocycles. The summed E-state index contributed by atoms with van der Waals surface area (Å²) in [5, 5.41) is 6.93. The van der Waals surface area contributed by atoms with Crippen molar-refractivity contribution in [1.82, 2.24) is 5.32 Å². The van der Waals surface area contributed by atoms with Crippen LogP contribution in [0.15, 0.2) is 24.3 Å². The molecule has 21 heavy (non-hydrogen) atoms. The molecule has 0 spiro atoms. The van der Waals surface area contributed by atoms with E-state index in [2.05, 4.69) is 37.5 Å². The Morgan fingerprint density at radius 3 is 2.48 bits per heavy atom. The van der Waals surface area contributed by atoms with Crippen molar-refractivity contribution >= 4 is 5.69 Å². The number of hydrogen-bond acceptors (Lipinski definition) is 3. The van der Waals surface area contributed by atoms with Gasteiger partial charge in [-0.3, -0.25) is 0 Å². The highest BCUT2D eigenvalue weighted by molar-refractivity contribution is 5.56. The second kappa shape index (κ2) is 11.4. The van der Waals surface area contributed by atoms with Crippen molar-refractivity contribution in [1.29, 1.82) is 0 Å². The van der Waals surface area contributed by atoms with Crippen LogP contribution in [0, 0.1) is 0 Å². The number of unbranched alkanes of at least 4 members (excludes halogenated alkanes) is 4. The third-order valence-electron chi connectivity index (χ3n) is 3.32. The molecule has 0 amide bonds. The van der Waals surface area contributed by atoms with Crippen LogP contribution in [0.2, 0.25) is 0 Å². The van der Waals surface area contributed by atoms with Crippen molar-refractivity contribution in [2.75, 3.05) is 25.0 Å². The number of benzene rings is 1. The van der Waals surface area contributed by atoms with Gasteiger partial charge in [0.05, 0.1) is 11.8 Å². The van der Waals surface area contributed by atoms with E-state index in [1.54, 1.807) is 0 Å². The lowest BCUT2D eigenvalue weighted by Crippen LogP contribution is -2.23. The van der Waals surface area contributed by atoms with Crippen LogP contribution in [0.3, 0.4) is 0 Å². The van der Waals surface area contributed by atoms with Crippen LogP contribution in [-0.2, 0) is 0 Å². The van der Waals surface area contributed by atoms with Crippen molar-refractivity contribution in [3.63, 3.8) is 0 Å². The largest absolute Gasteiger partial charge is 0.489 e. The molecule has 0 heterocycles. The fourth-order valence-electron chi connectivity index (χ4n) is 2.23. The van der Waals surface area contributed by atoms with Crippen LogP contribution in [-0.4, -0.2) is 25.7 Å². The van der Waals surface area contributed by atoms with Crippen LogP contribution in [0.5, 0.6) is 5.75 Å². The number of nitrogens with one attached hydrogen (secondary N) is 2. The summed E-state index contributed by atoms with van der Waals surface area (Å²) in [5.41, 5.74) is 1.08. The molecule has 1 aromatic rings. The first-order chi connectivity index (χ1) is 10.2. The Labute approximate surface area is 130 Å². The third-order valence-corrected chi connectivity index (χ3v) is 3.32. The van der Waals surface area contributed by atoms with E-state index in [1.807, 2.05) is 18.2 Å². The molecule has 0 radical (unpaired) electrons. The monoisotopic (exact) mass is 292 g/mol. The van der Waals surface area contributed by atoms with Gasteiger partial charge in [0.1, 0.15) is 5.75 Å². The average molecular weight is 292 g/mol. The van der Waals surface area contributed by atoms with Gasteiger partial charge in [-0.25, -0.2) is 0 Å². The smallest absolute Gasteiger partial charge is 0.142 e. The van der Waals surface area contributed by atoms with Crippen molar-refractivity contribution in [3.8, 4) is 5.75 Å². The number of hydrogen-bond donors (Lipinski definition) is 2. The summed E-state index contributed by atoms with van der Waals surface area (Å²) in [5.74, 6) is 0.937. The van der Waals surface area contributed by atoms with E-state index in [0.29, 0.717) is 0 Å². The van der Waals surface area contributed by atoms with Gasteiger partial charge < -0.3 is 15.4 Å². The standard InChI is InChI=1S/C18H32N2O/c1-4-5-6-7-10-13-19-14-15-20-17-11-8-9-12-18(17)21-16(2)3/h8-9,11-12,16,19-20H,4-7,10,13-15H2,1-3H3. The predicted octanol–water partition coefficient (Wildman–Crippen LogP) is 4.45. The Kier molecular flexibility index (Phi) is 9.71. The Bertz CT molecular complexity index is 366. The van der Waals surface area contributed by atoms with E-state index in [0.717, 1.165) is 31.1 Å². The molecule has 0 aliphatic rings. The van der Waals surface area contributed by atoms with Crippen molar-refractivity contribution in [2.24, 2.45) is 0 Å². The van der Waals surface area contributed by atoms with Gasteiger partial charge in [0.15, 0.2) is 0 Å². The van der Waals surface area contributed by atoms with Gasteiger partial charge in [0, 0.05) is 13.1 Å². The molecule has 0 saturated carbocycles. The molecule has 0 bridgehead atoms. The minimum absolute atomic E-state index is 0.203. The van der Waals surface area contributed by atoms with Crippen LogP contribution in [0.4, 0.5) is 5.69 Å². The summed E-state index contributed by atoms with van der Waals surface area (Å²) in [4.78, 5) is 0. The maximum atomic E-state index is 5.80. The van der Waals surface area contributed by atoms with E-state index < -0.39 is 0 Å². The minimum atomic E-state index is 0.203. The molecule has 0 fully saturated rings. The first kappa shape index (κ1) is 17.8. The maximum Gasteiger partial charge on any atom is 0.142 e. The lowest BCUT2D eigenvalue weighted by Gasteiger charge is -2.15. The minimum Gasteiger partial charge on any atom is -0.489 e. The first-order valence-corrected chi connectivity index (χ1v) is 8.44. The highest BCUT2D eigenvalue weighted by Crippen LogP contribution is 2.24. The van der Waals surface area contributed by atoms with Crippen LogP contribution < -0.4 is 15.4 Å². The SMILES string of the molecule is CCCCCCCNCCNc1ccccc1OC(C)C. The van der Waals surface area contributed by atoms with Gasteiger partial charge in [-0.05, 0) is 38.9 Å². The summed E-state index contributed by atoms with van der Waals surface area (Å²) >= 11 is 0. The number of anilines is 1. The van der Waals surface area contributed by atoms with Gasteiger partial charge in [0.2, 0.25) is 0 Å². The van der Waals surface area contributed by atoms with Gasteiger partial charge in [-0.2, -0.15) is 0 Å². The van der Waals surface area contributed by atoms with Crippen LogP contribution in [0.25, 0.3) is 0 Å². The van der Waals surface area contributed by atoms with Crippen molar-refractivity contribution in [2.45, 2.75) is 59.0 Å². The molecule has 0 unspecified atom stereocenters. The van der Waals surface area contributed by atoms with Gasteiger partial charge in [0.25, 0.3) is 0 Å². The van der Waals surface area contributed by atoms with E-state index in [9.17, 15) is 0 Å². The summed E-state index contributed by atoms with van der Waals surface area (Å²) in [6.45, 7) is 9.39. The fraction of sp³-hybridized carbons (Fsp3) is 0.667. The van der Waals surface area contributed by atoms with Gasteiger partial charge >= 0.3 is 0 Å². The lowest BCUT2D eigenvalue weighted by molar-refractivity contribution is 0.243. The molecular formula is C18H32N2O. The Morgan fingerprint density at radius 2 is 1.71 bits per heavy atom. The molecule has 3 heteroatoms. The summed E-state index contributed by atoms with van der Waals surface area (Å²) in [6, 6.07) is 8.14. The number of ether oxygens (including phenoxy) is 1. The fourth-order valence-corrected chi connectivity index (χ4v) is 2.23. The molecule has 0 saturated heterocycles. The van der Waals surface area contributed by atoms with Crippen LogP contribution in [0.1, 0.15) is 52.9 Å². The zero-order valence-electron chi connectivity index (χ0n) is 14.0. The molecule has 0 aromatic heterocycles. The summed E-state index contributed by atoms with van der Waals surface area (Å²) in [7, 11) is 0. The number of para-hydroxylation sites is 2. The molecular weight excluding hydrogens is 260 g/mol. The quantitative estimate of drug-likeness (QED) is 0.559. The van der Waals surface area contributed by atoms with E-state index >= 15 is 0 Å². The number of rotatable bonds is 12. The normalized spacial score (nSPS) is 10.9. The molecule has 3 nitrogen and oxygen atoms in total. The highest BCUT2D eigenvalue weighted by Gasteiger charge is 2.03. The van der Waals surface area contributed by atoms with Crippen molar-refractivity contribution in [3.05, 3.63) is 24.3 Å². The van der Waals surface area contributed by atoms with Crippen LogP contribution >= 0.6 is 0 Å². The second-order valence-corrected chi connectivity index (χ2v) is 5.75. The zero-order valence-corrected chi connectivity index (χ0v) is 14.0. The Morgan fingerprint density at radius 1 is 0.952 bits per heavy atom. The molecule has 1 rings (SSSR count). The summed E-state index contributed by atoms with van der Waals surface area (Å²) in [6.07, 6.45) is 6.89. The average Bonchev–Trinajstić information content (AvgIpc) is 2.46. The lowest BCUT2D eigenvalue weighted by atomic mass is 10.1. The van der Waals surface area contributed by atoms with E-state index in [-0.39, 0.29) is 6.10 Å². The van der Waals surface area contributed by atoms with E-state index in [4.69, 9.17) is 4.74 Å². The third kappa shape index (κ3) is 8.61. The molecule has 0 atom stereocenters. The zero-order chi connectivity index (χ0) is 15.3. The predicted molar refractivity (Wildman–Crippen MR) is 92.3 cm³/mol. The van der Waals surface area contributed by atoms with Crippen molar-refractivity contribution < 1.29 is 4.74 Å². The summed E-state index contributed by atoms with van der Waals surface area (Å²) < 4.78 is 5.80. The maximum absolute atomic E-state index is 5.80.